The third kappa shape index (κ3) is 3.44. The Morgan fingerprint density at radius 1 is 1.26 bits per heavy atom. The van der Waals surface area contributed by atoms with Crippen molar-refractivity contribution < 1.29 is 4.79 Å². The number of aromatic nitrogens is 2. The lowest BCUT2D eigenvalue weighted by Gasteiger charge is -2.28. The van der Waals surface area contributed by atoms with Gasteiger partial charge in [0.15, 0.2) is 0 Å². The summed E-state index contributed by atoms with van der Waals surface area (Å²) in [4.78, 5) is 23.5. The highest BCUT2D eigenvalue weighted by atomic mass is 16.1. The molecule has 0 saturated carbocycles. The zero-order valence-electron chi connectivity index (χ0n) is 13.9. The molecule has 0 bridgehead atoms. The molecule has 1 atom stereocenters. The molecule has 1 unspecified atom stereocenters. The molecule has 5 heteroatoms. The van der Waals surface area contributed by atoms with Gasteiger partial charge in [-0.15, -0.1) is 0 Å². The summed E-state index contributed by atoms with van der Waals surface area (Å²) in [7, 11) is 0. The maximum atomic E-state index is 12.4. The summed E-state index contributed by atoms with van der Waals surface area (Å²) in [5, 5.41) is 3.98. The Hall–Kier alpha value is -2.17. The largest absolute Gasteiger partial charge is 0.356 e. The van der Waals surface area contributed by atoms with E-state index in [1.807, 2.05) is 25.1 Å². The predicted molar refractivity (Wildman–Crippen MR) is 92.8 cm³/mol. The average molecular weight is 312 g/mol. The Balaban J connectivity index is 1.95. The first kappa shape index (κ1) is 15.7. The molecule has 23 heavy (non-hydrogen) atoms. The highest BCUT2D eigenvalue weighted by Crippen LogP contribution is 2.26. The number of piperidine rings is 1. The molecule has 1 fully saturated rings. The maximum Gasteiger partial charge on any atom is 0.251 e. The van der Waals surface area contributed by atoms with E-state index in [0.717, 1.165) is 36.2 Å². The van der Waals surface area contributed by atoms with Crippen LogP contribution in [0.3, 0.4) is 0 Å². The Bertz CT molecular complexity index is 694. The van der Waals surface area contributed by atoms with Gasteiger partial charge in [-0.1, -0.05) is 6.92 Å². The van der Waals surface area contributed by atoms with E-state index in [2.05, 4.69) is 27.1 Å². The molecule has 1 amide bonds. The molecule has 1 aromatic heterocycles. The topological polar surface area (TPSA) is 58.1 Å². The van der Waals surface area contributed by atoms with Gasteiger partial charge < -0.3 is 10.2 Å². The van der Waals surface area contributed by atoms with Crippen molar-refractivity contribution in [3.63, 3.8) is 0 Å². The summed E-state index contributed by atoms with van der Waals surface area (Å²) in [5.41, 5.74) is 1.56. The Labute approximate surface area is 137 Å². The van der Waals surface area contributed by atoms with E-state index >= 15 is 0 Å². The Kier molecular flexibility index (Phi) is 4.74. The number of amides is 1. The third-order valence-electron chi connectivity index (χ3n) is 4.52. The minimum absolute atomic E-state index is 0.0327. The second kappa shape index (κ2) is 6.94. The monoisotopic (exact) mass is 312 g/mol. The molecule has 1 aliphatic heterocycles. The summed E-state index contributed by atoms with van der Waals surface area (Å²) in [5.74, 6) is 0.919. The molecular formula is C18H24N4O. The highest BCUT2D eigenvalue weighted by molar-refractivity contribution is 6.00. The van der Waals surface area contributed by atoms with Gasteiger partial charge in [0, 0.05) is 30.1 Å². The van der Waals surface area contributed by atoms with Crippen LogP contribution in [0.5, 0.6) is 0 Å². The molecule has 5 nitrogen and oxygen atoms in total. The van der Waals surface area contributed by atoms with Crippen molar-refractivity contribution in [2.24, 2.45) is 0 Å². The predicted octanol–water partition coefficient (Wildman–Crippen LogP) is 3.15. The van der Waals surface area contributed by atoms with Gasteiger partial charge in [0.05, 0.1) is 5.52 Å². The summed E-state index contributed by atoms with van der Waals surface area (Å²) in [6.07, 6.45) is 6.20. The fraction of sp³-hybridized carbons (Fsp3) is 0.500. The van der Waals surface area contributed by atoms with Crippen molar-refractivity contribution in [2.75, 3.05) is 18.0 Å². The fourth-order valence-corrected chi connectivity index (χ4v) is 2.95. The average Bonchev–Trinajstić information content (AvgIpc) is 2.61. The van der Waals surface area contributed by atoms with Crippen molar-refractivity contribution in [3.8, 4) is 0 Å². The van der Waals surface area contributed by atoms with Gasteiger partial charge in [-0.05, 0) is 50.8 Å². The number of hydrogen-bond acceptors (Lipinski definition) is 4. The van der Waals surface area contributed by atoms with E-state index in [9.17, 15) is 4.79 Å². The summed E-state index contributed by atoms with van der Waals surface area (Å²) >= 11 is 0. The molecule has 1 N–H and O–H groups in total. The number of nitrogens with one attached hydrogen (secondary N) is 1. The Morgan fingerprint density at radius 2 is 2.04 bits per heavy atom. The van der Waals surface area contributed by atoms with Gasteiger partial charge in [-0.2, -0.15) is 0 Å². The number of carbonyl (C=O) groups excluding carboxylic acids is 1. The van der Waals surface area contributed by atoms with Gasteiger partial charge in [0.2, 0.25) is 0 Å². The zero-order valence-corrected chi connectivity index (χ0v) is 13.9. The zero-order chi connectivity index (χ0) is 16.2. The van der Waals surface area contributed by atoms with Crippen LogP contribution in [-0.2, 0) is 0 Å². The lowest BCUT2D eigenvalue weighted by molar-refractivity contribution is 0.0939. The Morgan fingerprint density at radius 3 is 2.78 bits per heavy atom. The van der Waals surface area contributed by atoms with Crippen LogP contribution in [0, 0.1) is 0 Å². The standard InChI is InChI=1S/C18H24N4O/c1-3-13(2)21-18(23)14-7-8-16-15(11-14)17(20-12-19-16)22-9-5-4-6-10-22/h7-8,11-13H,3-6,9-10H2,1-2H3,(H,21,23). The van der Waals surface area contributed by atoms with Crippen LogP contribution in [0.4, 0.5) is 5.82 Å². The number of fused-ring (bicyclic) bond motifs is 1. The van der Waals surface area contributed by atoms with Crippen LogP contribution in [0.25, 0.3) is 10.9 Å². The second-order valence-corrected chi connectivity index (χ2v) is 6.26. The minimum atomic E-state index is -0.0327. The molecule has 1 aliphatic rings. The third-order valence-corrected chi connectivity index (χ3v) is 4.52. The molecular weight excluding hydrogens is 288 g/mol. The molecule has 2 aromatic rings. The smallest absolute Gasteiger partial charge is 0.251 e. The van der Waals surface area contributed by atoms with Gasteiger partial charge >= 0.3 is 0 Å². The van der Waals surface area contributed by atoms with E-state index in [4.69, 9.17) is 0 Å². The lowest BCUT2D eigenvalue weighted by atomic mass is 10.1. The molecule has 0 radical (unpaired) electrons. The van der Waals surface area contributed by atoms with Crippen LogP contribution in [0.15, 0.2) is 24.5 Å². The molecule has 2 heterocycles. The molecule has 0 aliphatic carbocycles. The number of hydrogen-bond donors (Lipinski definition) is 1. The molecule has 0 spiro atoms. The fourth-order valence-electron chi connectivity index (χ4n) is 2.95. The number of benzene rings is 1. The number of carbonyl (C=O) groups is 1. The molecule has 3 rings (SSSR count). The van der Waals surface area contributed by atoms with E-state index < -0.39 is 0 Å². The summed E-state index contributed by atoms with van der Waals surface area (Å²) < 4.78 is 0. The van der Waals surface area contributed by atoms with Gasteiger partial charge in [0.1, 0.15) is 12.1 Å². The van der Waals surface area contributed by atoms with Crippen molar-refractivity contribution >= 4 is 22.6 Å². The SMILES string of the molecule is CCC(C)NC(=O)c1ccc2ncnc(N3CCCCC3)c2c1. The quantitative estimate of drug-likeness (QED) is 0.942. The lowest BCUT2D eigenvalue weighted by Crippen LogP contribution is -2.32. The van der Waals surface area contributed by atoms with Crippen LogP contribution < -0.4 is 10.2 Å². The van der Waals surface area contributed by atoms with Crippen molar-refractivity contribution in [2.45, 2.75) is 45.6 Å². The van der Waals surface area contributed by atoms with Crippen molar-refractivity contribution in [3.05, 3.63) is 30.1 Å². The van der Waals surface area contributed by atoms with Crippen LogP contribution in [-0.4, -0.2) is 35.0 Å². The van der Waals surface area contributed by atoms with Gasteiger partial charge in [0.25, 0.3) is 5.91 Å². The van der Waals surface area contributed by atoms with Crippen molar-refractivity contribution in [1.29, 1.82) is 0 Å². The normalized spacial score (nSPS) is 16.3. The van der Waals surface area contributed by atoms with Gasteiger partial charge in [-0.25, -0.2) is 9.97 Å². The number of rotatable bonds is 4. The van der Waals surface area contributed by atoms with Crippen molar-refractivity contribution in [1.82, 2.24) is 15.3 Å². The number of anilines is 1. The van der Waals surface area contributed by atoms with E-state index in [0.29, 0.717) is 5.56 Å². The first-order valence-corrected chi connectivity index (χ1v) is 8.49. The van der Waals surface area contributed by atoms with E-state index in [1.54, 1.807) is 6.33 Å². The number of nitrogens with zero attached hydrogens (tertiary/aromatic N) is 3. The first-order valence-electron chi connectivity index (χ1n) is 8.49. The minimum Gasteiger partial charge on any atom is -0.356 e. The van der Waals surface area contributed by atoms with Gasteiger partial charge in [-0.3, -0.25) is 4.79 Å². The first-order chi connectivity index (χ1) is 11.2. The summed E-state index contributed by atoms with van der Waals surface area (Å²) in [6, 6.07) is 5.85. The van der Waals surface area contributed by atoms with E-state index in [-0.39, 0.29) is 11.9 Å². The molecule has 1 aromatic carbocycles. The maximum absolute atomic E-state index is 12.4. The summed E-state index contributed by atoms with van der Waals surface area (Å²) in [6.45, 7) is 6.12. The van der Waals surface area contributed by atoms with Crippen LogP contribution >= 0.6 is 0 Å². The molecule has 122 valence electrons. The second-order valence-electron chi connectivity index (χ2n) is 6.26. The van der Waals surface area contributed by atoms with E-state index in [1.165, 1.54) is 19.3 Å². The van der Waals surface area contributed by atoms with Crippen LogP contribution in [0.2, 0.25) is 0 Å². The van der Waals surface area contributed by atoms with Crippen LogP contribution in [0.1, 0.15) is 49.9 Å². The molecule has 1 saturated heterocycles. The highest BCUT2D eigenvalue weighted by Gasteiger charge is 2.17.